The largest absolute Gasteiger partial charge is 0.387 e. The van der Waals surface area contributed by atoms with Crippen molar-refractivity contribution in [1.82, 2.24) is 10.2 Å². The van der Waals surface area contributed by atoms with E-state index >= 15 is 0 Å². The molecule has 1 aromatic rings. The smallest absolute Gasteiger partial charge is 0.229 e. The van der Waals surface area contributed by atoms with Crippen molar-refractivity contribution < 1.29 is 9.90 Å². The Hall–Kier alpha value is -1.39. The number of hydrogen-bond donors (Lipinski definition) is 2. The molecule has 3 rings (SSSR count). The molecule has 2 aliphatic rings. The Morgan fingerprint density at radius 1 is 1.48 bits per heavy atom. The van der Waals surface area contributed by atoms with Gasteiger partial charge >= 0.3 is 0 Å². The highest BCUT2D eigenvalue weighted by Gasteiger charge is 2.36. The molecule has 0 radical (unpaired) electrons. The molecule has 1 amide bonds. The molecule has 1 heterocycles. The second-order valence-electron chi connectivity index (χ2n) is 6.49. The summed E-state index contributed by atoms with van der Waals surface area (Å²) >= 11 is 0. The molecule has 0 saturated carbocycles. The van der Waals surface area contributed by atoms with Crippen LogP contribution in [0.25, 0.3) is 0 Å². The van der Waals surface area contributed by atoms with Crippen LogP contribution in [-0.4, -0.2) is 48.2 Å². The Morgan fingerprint density at radius 3 is 3.05 bits per heavy atom. The summed E-state index contributed by atoms with van der Waals surface area (Å²) in [7, 11) is 1.82. The fraction of sp³-hybridized carbons (Fsp3) is 0.588. The Bertz CT molecular complexity index is 523. The van der Waals surface area contributed by atoms with E-state index in [0.29, 0.717) is 19.5 Å². The van der Waals surface area contributed by atoms with Crippen molar-refractivity contribution in [2.24, 2.45) is 0 Å². The standard InChI is InChI=1S/C17H24N2O2/c1-19(12-17(21)9-10-18-11-17)16(20)15-8-4-6-13-5-2-3-7-14(13)15/h2-3,5,7,15,18,21H,4,6,8-12H2,1H3. The Morgan fingerprint density at radius 2 is 2.29 bits per heavy atom. The summed E-state index contributed by atoms with van der Waals surface area (Å²) in [5, 5.41) is 13.6. The van der Waals surface area contributed by atoms with Gasteiger partial charge in [-0.1, -0.05) is 24.3 Å². The number of nitrogens with zero attached hydrogens (tertiary/aromatic N) is 1. The lowest BCUT2D eigenvalue weighted by Crippen LogP contribution is -2.46. The lowest BCUT2D eigenvalue weighted by atomic mass is 9.82. The van der Waals surface area contributed by atoms with Gasteiger partial charge in [0, 0.05) is 13.6 Å². The average molecular weight is 288 g/mol. The monoisotopic (exact) mass is 288 g/mol. The summed E-state index contributed by atoms with van der Waals surface area (Å²) in [4.78, 5) is 14.5. The highest BCUT2D eigenvalue weighted by atomic mass is 16.3. The molecule has 1 aliphatic carbocycles. The predicted molar refractivity (Wildman–Crippen MR) is 82.2 cm³/mol. The number of β-amino-alcohol motifs (C(OH)–C–C–N with tert-alkyl or cyclic N) is 1. The molecule has 0 bridgehead atoms. The van der Waals surface area contributed by atoms with Crippen molar-refractivity contribution in [2.75, 3.05) is 26.7 Å². The molecule has 2 N–H and O–H groups in total. The zero-order valence-electron chi connectivity index (χ0n) is 12.6. The Balaban J connectivity index is 1.73. The quantitative estimate of drug-likeness (QED) is 0.881. The van der Waals surface area contributed by atoms with Crippen LogP contribution in [0.3, 0.4) is 0 Å². The van der Waals surface area contributed by atoms with Crippen LogP contribution in [0.4, 0.5) is 0 Å². The van der Waals surface area contributed by atoms with E-state index < -0.39 is 5.60 Å². The fourth-order valence-electron chi connectivity index (χ4n) is 3.66. The third kappa shape index (κ3) is 2.97. The van der Waals surface area contributed by atoms with Crippen LogP contribution in [0.2, 0.25) is 0 Å². The van der Waals surface area contributed by atoms with Gasteiger partial charge < -0.3 is 15.3 Å². The average Bonchev–Trinajstić information content (AvgIpc) is 2.92. The number of rotatable bonds is 3. The van der Waals surface area contributed by atoms with Gasteiger partial charge in [-0.15, -0.1) is 0 Å². The number of benzene rings is 1. The first-order valence-electron chi connectivity index (χ1n) is 7.85. The normalized spacial score (nSPS) is 28.2. The second kappa shape index (κ2) is 5.78. The number of carbonyl (C=O) groups is 1. The van der Waals surface area contributed by atoms with Crippen LogP contribution in [-0.2, 0) is 11.2 Å². The lowest BCUT2D eigenvalue weighted by molar-refractivity contribution is -0.134. The summed E-state index contributed by atoms with van der Waals surface area (Å²) in [6.07, 6.45) is 3.76. The molecule has 1 aromatic carbocycles. The number of amides is 1. The van der Waals surface area contributed by atoms with E-state index in [0.717, 1.165) is 25.8 Å². The molecule has 1 aliphatic heterocycles. The van der Waals surface area contributed by atoms with Crippen LogP contribution in [0, 0.1) is 0 Å². The van der Waals surface area contributed by atoms with Crippen LogP contribution < -0.4 is 5.32 Å². The van der Waals surface area contributed by atoms with Gasteiger partial charge in [0.15, 0.2) is 0 Å². The van der Waals surface area contributed by atoms with Crippen LogP contribution in [0.1, 0.15) is 36.3 Å². The molecular weight excluding hydrogens is 264 g/mol. The van der Waals surface area contributed by atoms with Gasteiger partial charge in [0.25, 0.3) is 0 Å². The number of aryl methyl sites for hydroxylation is 1. The highest BCUT2D eigenvalue weighted by molar-refractivity contribution is 5.84. The fourth-order valence-corrected chi connectivity index (χ4v) is 3.66. The van der Waals surface area contributed by atoms with Crippen molar-refractivity contribution in [1.29, 1.82) is 0 Å². The minimum Gasteiger partial charge on any atom is -0.387 e. The van der Waals surface area contributed by atoms with Crippen LogP contribution >= 0.6 is 0 Å². The maximum atomic E-state index is 12.8. The molecule has 4 nitrogen and oxygen atoms in total. The summed E-state index contributed by atoms with van der Waals surface area (Å²) < 4.78 is 0. The van der Waals surface area contributed by atoms with E-state index in [1.54, 1.807) is 4.90 Å². The summed E-state index contributed by atoms with van der Waals surface area (Å²) in [5.74, 6) is 0.0976. The van der Waals surface area contributed by atoms with Gasteiger partial charge in [0.05, 0.1) is 18.1 Å². The number of aliphatic hydroxyl groups is 1. The van der Waals surface area contributed by atoms with Crippen molar-refractivity contribution in [3.8, 4) is 0 Å². The molecule has 0 spiro atoms. The van der Waals surface area contributed by atoms with E-state index in [-0.39, 0.29) is 11.8 Å². The van der Waals surface area contributed by atoms with E-state index in [9.17, 15) is 9.90 Å². The third-order valence-corrected chi connectivity index (χ3v) is 4.80. The first kappa shape index (κ1) is 14.5. The van der Waals surface area contributed by atoms with Gasteiger partial charge in [-0.05, 0) is 43.4 Å². The zero-order chi connectivity index (χ0) is 14.9. The number of likely N-dealkylation sites (N-methyl/N-ethyl adjacent to an activating group) is 1. The molecule has 114 valence electrons. The van der Waals surface area contributed by atoms with Gasteiger partial charge in [-0.2, -0.15) is 0 Å². The van der Waals surface area contributed by atoms with Gasteiger partial charge in [-0.25, -0.2) is 0 Å². The summed E-state index contributed by atoms with van der Waals surface area (Å²) in [5.41, 5.74) is 1.72. The molecule has 21 heavy (non-hydrogen) atoms. The van der Waals surface area contributed by atoms with Gasteiger partial charge in [-0.3, -0.25) is 4.79 Å². The van der Waals surface area contributed by atoms with Crippen LogP contribution in [0.5, 0.6) is 0 Å². The van der Waals surface area contributed by atoms with Crippen LogP contribution in [0.15, 0.2) is 24.3 Å². The first-order chi connectivity index (χ1) is 10.1. The van der Waals surface area contributed by atoms with Crippen molar-refractivity contribution in [3.63, 3.8) is 0 Å². The topological polar surface area (TPSA) is 52.6 Å². The molecule has 0 aromatic heterocycles. The molecule has 4 heteroatoms. The minimum atomic E-state index is -0.765. The number of hydrogen-bond acceptors (Lipinski definition) is 3. The molecule has 2 unspecified atom stereocenters. The lowest BCUT2D eigenvalue weighted by Gasteiger charge is -2.32. The van der Waals surface area contributed by atoms with E-state index in [1.165, 1.54) is 11.1 Å². The van der Waals surface area contributed by atoms with Gasteiger partial charge in [0.2, 0.25) is 5.91 Å². The highest BCUT2D eigenvalue weighted by Crippen LogP contribution is 2.33. The molecular formula is C17H24N2O2. The van der Waals surface area contributed by atoms with Gasteiger partial charge in [0.1, 0.15) is 0 Å². The predicted octanol–water partition coefficient (Wildman–Crippen LogP) is 1.29. The van der Waals surface area contributed by atoms with Crippen molar-refractivity contribution in [2.45, 2.75) is 37.2 Å². The first-order valence-corrected chi connectivity index (χ1v) is 7.85. The Kier molecular flexibility index (Phi) is 4.00. The zero-order valence-corrected chi connectivity index (χ0v) is 12.6. The SMILES string of the molecule is CN(CC1(O)CCNC1)C(=O)C1CCCc2ccccc21. The number of nitrogens with one attached hydrogen (secondary N) is 1. The third-order valence-electron chi connectivity index (χ3n) is 4.80. The van der Waals surface area contributed by atoms with Crippen molar-refractivity contribution >= 4 is 5.91 Å². The maximum absolute atomic E-state index is 12.8. The number of carbonyl (C=O) groups excluding carboxylic acids is 1. The van der Waals surface area contributed by atoms with Crippen molar-refractivity contribution in [3.05, 3.63) is 35.4 Å². The summed E-state index contributed by atoms with van der Waals surface area (Å²) in [6.45, 7) is 1.81. The molecule has 2 atom stereocenters. The molecule has 1 fully saturated rings. The van der Waals surface area contributed by atoms with E-state index in [4.69, 9.17) is 0 Å². The van der Waals surface area contributed by atoms with E-state index in [2.05, 4.69) is 17.4 Å². The Labute approximate surface area is 126 Å². The number of fused-ring (bicyclic) bond motifs is 1. The van der Waals surface area contributed by atoms with E-state index in [1.807, 2.05) is 19.2 Å². The minimum absolute atomic E-state index is 0.0436. The molecule has 1 saturated heterocycles. The maximum Gasteiger partial charge on any atom is 0.229 e. The second-order valence-corrected chi connectivity index (χ2v) is 6.49. The summed E-state index contributed by atoms with van der Waals surface area (Å²) in [6, 6.07) is 8.26.